The van der Waals surface area contributed by atoms with Crippen molar-refractivity contribution in [3.05, 3.63) is 0 Å². The summed E-state index contributed by atoms with van der Waals surface area (Å²) < 4.78 is 0. The lowest BCUT2D eigenvalue weighted by Crippen LogP contribution is -2.33. The molecule has 2 heteroatoms. The Labute approximate surface area is 132 Å². The summed E-state index contributed by atoms with van der Waals surface area (Å²) in [6.45, 7) is 6.82. The second-order valence-corrected chi connectivity index (χ2v) is 7.83. The minimum atomic E-state index is 0.367. The first kappa shape index (κ1) is 17.3. The number of rotatable bonds is 10. The number of aliphatic hydroxyl groups is 1. The van der Waals surface area contributed by atoms with Gasteiger partial charge in [0.15, 0.2) is 0 Å². The fourth-order valence-corrected chi connectivity index (χ4v) is 4.47. The topological polar surface area (TPSA) is 23.5 Å². The molecular weight excluding hydrogens is 258 g/mol. The minimum Gasteiger partial charge on any atom is -0.396 e. The van der Waals surface area contributed by atoms with Crippen molar-refractivity contribution in [1.82, 2.24) is 4.90 Å². The maximum atomic E-state index is 8.87. The van der Waals surface area contributed by atoms with E-state index in [0.717, 1.165) is 24.2 Å². The van der Waals surface area contributed by atoms with Crippen LogP contribution in [-0.2, 0) is 0 Å². The molecule has 0 aromatic rings. The molecule has 0 saturated heterocycles. The summed E-state index contributed by atoms with van der Waals surface area (Å²) in [5, 5.41) is 8.87. The van der Waals surface area contributed by atoms with E-state index in [1.165, 1.54) is 83.8 Å². The second-order valence-electron chi connectivity index (χ2n) is 7.83. The van der Waals surface area contributed by atoms with Gasteiger partial charge in [0, 0.05) is 19.7 Å². The highest BCUT2D eigenvalue weighted by Crippen LogP contribution is 2.32. The molecule has 0 aromatic heterocycles. The van der Waals surface area contributed by atoms with Crippen LogP contribution in [-0.4, -0.2) is 36.2 Å². The first-order chi connectivity index (χ1) is 10.3. The van der Waals surface area contributed by atoms with Crippen molar-refractivity contribution in [3.8, 4) is 0 Å². The number of aliphatic hydroxyl groups excluding tert-OH is 1. The van der Waals surface area contributed by atoms with Crippen LogP contribution in [0.3, 0.4) is 0 Å². The van der Waals surface area contributed by atoms with Crippen LogP contribution in [0.5, 0.6) is 0 Å². The number of nitrogens with zero attached hydrogens (tertiary/aromatic N) is 1. The van der Waals surface area contributed by atoms with Crippen LogP contribution in [0.4, 0.5) is 0 Å². The molecule has 2 saturated carbocycles. The zero-order valence-electron chi connectivity index (χ0n) is 14.2. The highest BCUT2D eigenvalue weighted by molar-refractivity contribution is 4.78. The molecule has 1 N–H and O–H groups in total. The van der Waals surface area contributed by atoms with Gasteiger partial charge in [0.05, 0.1) is 0 Å². The molecule has 0 aromatic carbocycles. The minimum absolute atomic E-state index is 0.367. The fraction of sp³-hybridized carbons (Fsp3) is 1.00. The second kappa shape index (κ2) is 9.84. The smallest absolute Gasteiger partial charge is 0.0431 e. The van der Waals surface area contributed by atoms with E-state index in [1.807, 2.05) is 0 Å². The normalized spacial score (nSPS) is 27.0. The molecule has 2 unspecified atom stereocenters. The molecule has 2 rings (SSSR count). The Bertz CT molecular complexity index is 262. The Hall–Kier alpha value is -0.0800. The summed E-state index contributed by atoms with van der Waals surface area (Å²) in [4.78, 5) is 2.80. The molecule has 0 heterocycles. The lowest BCUT2D eigenvalue weighted by Gasteiger charge is -2.28. The zero-order chi connectivity index (χ0) is 14.9. The van der Waals surface area contributed by atoms with E-state index in [9.17, 15) is 0 Å². The highest BCUT2D eigenvalue weighted by atomic mass is 16.2. The van der Waals surface area contributed by atoms with Crippen LogP contribution >= 0.6 is 0 Å². The average molecular weight is 296 g/mol. The van der Waals surface area contributed by atoms with Gasteiger partial charge in [0.1, 0.15) is 0 Å². The molecule has 21 heavy (non-hydrogen) atoms. The molecule has 2 aliphatic carbocycles. The van der Waals surface area contributed by atoms with Crippen molar-refractivity contribution >= 4 is 0 Å². The Morgan fingerprint density at radius 2 is 1.57 bits per heavy atom. The molecule has 0 bridgehead atoms. The van der Waals surface area contributed by atoms with Crippen molar-refractivity contribution in [2.45, 2.75) is 77.6 Å². The molecule has 2 nitrogen and oxygen atoms in total. The van der Waals surface area contributed by atoms with Gasteiger partial charge in [-0.1, -0.05) is 39.0 Å². The van der Waals surface area contributed by atoms with Gasteiger partial charge in [-0.2, -0.15) is 0 Å². The van der Waals surface area contributed by atoms with Gasteiger partial charge < -0.3 is 10.0 Å². The number of hydrogen-bond donors (Lipinski definition) is 1. The summed E-state index contributed by atoms with van der Waals surface area (Å²) in [5.74, 6) is 2.92. The summed E-state index contributed by atoms with van der Waals surface area (Å²) in [5.41, 5.74) is 0. The van der Waals surface area contributed by atoms with E-state index in [-0.39, 0.29) is 0 Å². The predicted molar refractivity (Wildman–Crippen MR) is 90.5 cm³/mol. The molecule has 0 radical (unpaired) electrons. The lowest BCUT2D eigenvalue weighted by atomic mass is 10.0. The van der Waals surface area contributed by atoms with E-state index in [2.05, 4.69) is 11.8 Å². The Kier molecular flexibility index (Phi) is 8.10. The Morgan fingerprint density at radius 1 is 0.857 bits per heavy atom. The van der Waals surface area contributed by atoms with Crippen LogP contribution < -0.4 is 0 Å². The summed E-state index contributed by atoms with van der Waals surface area (Å²) >= 11 is 0. The van der Waals surface area contributed by atoms with Crippen LogP contribution in [0.15, 0.2) is 0 Å². The standard InChI is InChI=1S/C19H37NO/c1-17-10-11-19(14-17)16-20(12-6-2-3-7-13-21)15-18-8-4-5-9-18/h17-19,21H,2-16H2,1H3. The first-order valence-corrected chi connectivity index (χ1v) is 9.61. The van der Waals surface area contributed by atoms with Gasteiger partial charge in [0.2, 0.25) is 0 Å². The van der Waals surface area contributed by atoms with E-state index >= 15 is 0 Å². The third-order valence-electron chi connectivity index (χ3n) is 5.69. The van der Waals surface area contributed by atoms with Crippen molar-refractivity contribution in [3.63, 3.8) is 0 Å². The lowest BCUT2D eigenvalue weighted by molar-refractivity contribution is 0.193. The molecule has 0 amide bonds. The number of unbranched alkanes of at least 4 members (excludes halogenated alkanes) is 3. The van der Waals surface area contributed by atoms with Gasteiger partial charge >= 0.3 is 0 Å². The maximum Gasteiger partial charge on any atom is 0.0431 e. The van der Waals surface area contributed by atoms with Crippen molar-refractivity contribution in [1.29, 1.82) is 0 Å². The van der Waals surface area contributed by atoms with Gasteiger partial charge in [-0.15, -0.1) is 0 Å². The Morgan fingerprint density at radius 3 is 2.24 bits per heavy atom. The predicted octanol–water partition coefficient (Wildman–Crippen LogP) is 4.47. The maximum absolute atomic E-state index is 8.87. The van der Waals surface area contributed by atoms with E-state index in [4.69, 9.17) is 5.11 Å². The van der Waals surface area contributed by atoms with Gasteiger partial charge in [-0.3, -0.25) is 0 Å². The Balaban J connectivity index is 1.69. The molecule has 124 valence electrons. The SMILES string of the molecule is CC1CCC(CN(CCCCCCO)CC2CCCC2)C1. The van der Waals surface area contributed by atoms with E-state index in [1.54, 1.807) is 0 Å². The van der Waals surface area contributed by atoms with Crippen molar-refractivity contribution < 1.29 is 5.11 Å². The molecule has 2 aliphatic rings. The van der Waals surface area contributed by atoms with Gasteiger partial charge in [-0.25, -0.2) is 0 Å². The van der Waals surface area contributed by atoms with Crippen molar-refractivity contribution in [2.24, 2.45) is 17.8 Å². The zero-order valence-corrected chi connectivity index (χ0v) is 14.2. The van der Waals surface area contributed by atoms with Gasteiger partial charge in [-0.05, 0) is 62.8 Å². The molecule has 2 atom stereocenters. The molecule has 0 aliphatic heterocycles. The van der Waals surface area contributed by atoms with Crippen LogP contribution in [0, 0.1) is 17.8 Å². The molecule has 0 spiro atoms. The first-order valence-electron chi connectivity index (χ1n) is 9.61. The molecular formula is C19H37NO. The van der Waals surface area contributed by atoms with Crippen LogP contribution in [0.25, 0.3) is 0 Å². The number of hydrogen-bond acceptors (Lipinski definition) is 2. The summed E-state index contributed by atoms with van der Waals surface area (Å²) in [6, 6.07) is 0. The quantitative estimate of drug-likeness (QED) is 0.601. The molecule has 2 fully saturated rings. The summed E-state index contributed by atoms with van der Waals surface area (Å²) in [7, 11) is 0. The van der Waals surface area contributed by atoms with E-state index < -0.39 is 0 Å². The third-order valence-corrected chi connectivity index (χ3v) is 5.69. The largest absolute Gasteiger partial charge is 0.396 e. The van der Waals surface area contributed by atoms with Crippen LogP contribution in [0.1, 0.15) is 77.6 Å². The van der Waals surface area contributed by atoms with Crippen molar-refractivity contribution in [2.75, 3.05) is 26.2 Å². The van der Waals surface area contributed by atoms with Gasteiger partial charge in [0.25, 0.3) is 0 Å². The summed E-state index contributed by atoms with van der Waals surface area (Å²) in [6.07, 6.45) is 15.1. The van der Waals surface area contributed by atoms with E-state index in [0.29, 0.717) is 6.61 Å². The highest BCUT2D eigenvalue weighted by Gasteiger charge is 2.25. The van der Waals surface area contributed by atoms with Crippen LogP contribution in [0.2, 0.25) is 0 Å². The fourth-order valence-electron chi connectivity index (χ4n) is 4.47. The monoisotopic (exact) mass is 295 g/mol. The average Bonchev–Trinajstić information content (AvgIpc) is 3.10. The third kappa shape index (κ3) is 6.69.